The van der Waals surface area contributed by atoms with E-state index in [4.69, 9.17) is 38.4 Å². The van der Waals surface area contributed by atoms with Crippen molar-refractivity contribution in [3.05, 3.63) is 297 Å². The minimum absolute atomic E-state index is 0.0626. The maximum Gasteiger partial charge on any atom is 0.339 e. The Morgan fingerprint density at radius 2 is 0.539 bits per heavy atom. The predicted molar refractivity (Wildman–Crippen MR) is 520 cm³/mol. The van der Waals surface area contributed by atoms with Crippen LogP contribution in [0.2, 0.25) is 0 Å². The van der Waals surface area contributed by atoms with E-state index in [1.807, 2.05) is 187 Å². The third kappa shape index (κ3) is 15.3. The number of esters is 2. The van der Waals surface area contributed by atoms with E-state index in [0.717, 1.165) is 54.6 Å². The topological polar surface area (TPSA) is 187 Å². The zero-order chi connectivity index (χ0) is 89.7. The number of carbonyl (C=O) groups excluding carboxylic acids is 2. The summed E-state index contributed by atoms with van der Waals surface area (Å²) in [6, 6.07) is 73.7. The molecule has 0 atom stereocenters. The van der Waals surface area contributed by atoms with E-state index in [1.54, 1.807) is 0 Å². The summed E-state index contributed by atoms with van der Waals surface area (Å²) in [6.07, 6.45) is 8.33. The van der Waals surface area contributed by atoms with Crippen molar-refractivity contribution in [3.63, 3.8) is 0 Å². The molecule has 0 amide bonds. The molecular formula is C114H106N4O10. The quantitative estimate of drug-likeness (QED) is 0.120. The number of carbonyl (C=O) groups is 2. The lowest BCUT2D eigenvalue weighted by atomic mass is 9.85. The van der Waals surface area contributed by atoms with Crippen molar-refractivity contribution in [2.75, 3.05) is 0 Å². The predicted octanol–water partition coefficient (Wildman–Crippen LogP) is 28.7. The summed E-state index contributed by atoms with van der Waals surface area (Å²) in [5.74, 6) is 0.683. The fourth-order valence-corrected chi connectivity index (χ4v) is 18.4. The summed E-state index contributed by atoms with van der Waals surface area (Å²) >= 11 is 0. The molecule has 15 aromatic rings. The Morgan fingerprint density at radius 3 is 0.797 bits per heavy atom. The van der Waals surface area contributed by atoms with Crippen LogP contribution in [-0.4, -0.2) is 53.3 Å². The van der Waals surface area contributed by atoms with E-state index >= 15 is 9.59 Å². The third-order valence-corrected chi connectivity index (χ3v) is 24.9. The Labute approximate surface area is 747 Å². The Kier molecular flexibility index (Phi) is 20.2. The number of aromatic nitrogens is 4. The van der Waals surface area contributed by atoms with Crippen LogP contribution in [0.3, 0.4) is 0 Å². The fourth-order valence-electron chi connectivity index (χ4n) is 18.4. The summed E-state index contributed by atoms with van der Waals surface area (Å²) in [6.45, 7) is 37.1. The van der Waals surface area contributed by atoms with Gasteiger partial charge in [0.2, 0.25) is 0 Å². The van der Waals surface area contributed by atoms with Crippen LogP contribution < -0.4 is 18.9 Å². The third-order valence-electron chi connectivity index (χ3n) is 24.9. The van der Waals surface area contributed by atoms with Gasteiger partial charge in [-0.05, 0) is 250 Å². The van der Waals surface area contributed by atoms with Crippen LogP contribution in [0, 0.1) is 0 Å². The van der Waals surface area contributed by atoms with E-state index in [0.29, 0.717) is 168 Å². The number of nitrogens with one attached hydrogen (secondary N) is 2. The first-order chi connectivity index (χ1) is 60.8. The van der Waals surface area contributed by atoms with Crippen LogP contribution in [0.15, 0.2) is 218 Å². The molecule has 4 aliphatic heterocycles. The first-order valence-corrected chi connectivity index (χ1v) is 44.2. The molecule has 642 valence electrons. The second-order valence-electron chi connectivity index (χ2n) is 40.5. The van der Waals surface area contributed by atoms with Crippen molar-refractivity contribution < 1.29 is 48.2 Å². The van der Waals surface area contributed by atoms with Crippen LogP contribution in [-0.2, 0) is 57.6 Å². The largest absolute Gasteiger partial charge is 0.507 e. The van der Waals surface area contributed by atoms with Crippen molar-refractivity contribution in [3.8, 4) is 101 Å². The minimum Gasteiger partial charge on any atom is -0.507 e. The van der Waals surface area contributed by atoms with Crippen molar-refractivity contribution in [1.82, 2.24) is 19.9 Å². The highest BCUT2D eigenvalue weighted by Crippen LogP contribution is 2.53. The lowest BCUT2D eigenvalue weighted by Gasteiger charge is -2.25. The van der Waals surface area contributed by atoms with Crippen LogP contribution >= 0.6 is 0 Å². The van der Waals surface area contributed by atoms with Gasteiger partial charge in [-0.3, -0.25) is 0 Å². The number of phenolic OH excluding ortho intramolecular Hbond substituents is 2. The number of hydrogen-bond acceptors (Lipinski definition) is 12. The molecule has 14 nitrogen and oxygen atoms in total. The molecule has 0 unspecified atom stereocenters. The minimum atomic E-state index is -0.948. The number of aromatic hydroxyl groups is 2. The molecule has 7 heterocycles. The molecule has 12 aromatic carbocycles. The molecule has 3 aromatic heterocycles. The Balaban J connectivity index is 0.986. The summed E-state index contributed by atoms with van der Waals surface area (Å²) in [4.78, 5) is 52.1. The van der Waals surface area contributed by atoms with Gasteiger partial charge >= 0.3 is 11.9 Å². The average Bonchev–Trinajstić information content (AvgIpc) is 0.811. The molecule has 4 N–H and O–H groups in total. The van der Waals surface area contributed by atoms with Crippen LogP contribution in [0.4, 0.5) is 0 Å². The number of phenols is 2. The summed E-state index contributed by atoms with van der Waals surface area (Å²) < 4.78 is 43.2. The standard InChI is InChI=1S/C114H106N4O10/c1-109(2,3)71-35-47-91-79(55-71)97-83-39-40-84(115-83)98-80-56-72(110(4,5)6)36-48-92(80)124-60-68-52-64-28-20-24-32-76(64)102(96(68)108(122)128-114(16,17)18)104-78-34-26-22-30-66(78)54-70(106(104)120)62-126-94-50-38-74(112(10,11)12)58-82(94)100(88-44-42-86(98)117-88)90-46-45-89(118-90)99(87-43-41-85(97)116-87)81-57-73(111(7,8)9)37-49-93(81)125-61-69-53-65-29-21-25-33-77(65)103(105(69)119)101-75-31-23-19-27-63(75)51-67(59-123-91)95(101)107(121)127-113(13,14)15/h19-58,116-117,119-120H,59-62H2,1-18H3. The Hall–Kier alpha value is -14.0. The van der Waals surface area contributed by atoms with Crippen molar-refractivity contribution in [1.29, 1.82) is 0 Å². The number of rotatable bonds is 2. The van der Waals surface area contributed by atoms with E-state index in [9.17, 15) is 10.2 Å². The van der Waals surface area contributed by atoms with Gasteiger partial charge in [0.15, 0.2) is 0 Å². The monoisotopic (exact) mass is 1690 g/mol. The van der Waals surface area contributed by atoms with Gasteiger partial charge in [0.1, 0.15) is 72.1 Å². The highest BCUT2D eigenvalue weighted by Gasteiger charge is 2.36. The highest BCUT2D eigenvalue weighted by molar-refractivity contribution is 6.18. The average molecular weight is 1690 g/mol. The first-order valence-electron chi connectivity index (χ1n) is 44.2. The summed E-state index contributed by atoms with van der Waals surface area (Å²) in [5.41, 5.74) is 15.7. The molecule has 0 fully saturated rings. The highest BCUT2D eigenvalue weighted by atomic mass is 16.6. The Bertz CT molecular complexity index is 7020. The van der Waals surface area contributed by atoms with E-state index < -0.39 is 44.8 Å². The number of benzene rings is 12. The van der Waals surface area contributed by atoms with Crippen molar-refractivity contribution >= 4 is 101 Å². The van der Waals surface area contributed by atoms with Gasteiger partial charge in [0, 0.05) is 111 Å². The van der Waals surface area contributed by atoms with Crippen molar-refractivity contribution in [2.24, 2.45) is 0 Å². The van der Waals surface area contributed by atoms with Gasteiger partial charge < -0.3 is 48.6 Å². The first kappa shape index (κ1) is 83.6. The normalized spacial score (nSPS) is 13.6. The summed E-state index contributed by atoms with van der Waals surface area (Å²) in [5, 5.41) is 33.4. The van der Waals surface area contributed by atoms with Gasteiger partial charge in [-0.2, -0.15) is 0 Å². The Morgan fingerprint density at radius 1 is 0.297 bits per heavy atom. The van der Waals surface area contributed by atoms with Crippen LogP contribution in [0.25, 0.3) is 156 Å². The number of nitrogens with zero attached hydrogens (tertiary/aromatic N) is 2. The van der Waals surface area contributed by atoms with Crippen LogP contribution in [0.5, 0.6) is 34.5 Å². The van der Waals surface area contributed by atoms with E-state index in [2.05, 4.69) is 190 Å². The molecular weight excluding hydrogens is 1590 g/mol. The molecule has 0 spiro atoms. The number of aromatic amines is 2. The molecule has 0 aliphatic carbocycles. The lowest BCUT2D eigenvalue weighted by molar-refractivity contribution is 0.00556. The second-order valence-corrected chi connectivity index (χ2v) is 40.5. The molecule has 128 heavy (non-hydrogen) atoms. The number of ether oxygens (including phenoxy) is 6. The zero-order valence-corrected chi connectivity index (χ0v) is 76.0. The number of fused-ring (bicyclic) bond motifs is 34. The van der Waals surface area contributed by atoms with Crippen LogP contribution in [0.1, 0.15) is 213 Å². The summed E-state index contributed by atoms with van der Waals surface area (Å²) in [7, 11) is 0. The second kappa shape index (κ2) is 31.0. The molecule has 20 bridgehead atoms. The van der Waals surface area contributed by atoms with Gasteiger partial charge in [-0.25, -0.2) is 19.6 Å². The molecule has 0 saturated carbocycles. The van der Waals surface area contributed by atoms with Gasteiger partial charge in [-0.15, -0.1) is 0 Å². The maximum absolute atomic E-state index is 15.9. The zero-order valence-electron chi connectivity index (χ0n) is 76.0. The smallest absolute Gasteiger partial charge is 0.339 e. The lowest BCUT2D eigenvalue weighted by Crippen LogP contribution is -2.25. The number of hydrogen-bond donors (Lipinski definition) is 4. The molecule has 0 radical (unpaired) electrons. The van der Waals surface area contributed by atoms with Gasteiger partial charge in [-0.1, -0.05) is 204 Å². The van der Waals surface area contributed by atoms with Gasteiger partial charge in [0.05, 0.1) is 33.9 Å². The number of H-pyrrole nitrogens is 2. The molecule has 4 aliphatic rings. The van der Waals surface area contributed by atoms with Gasteiger partial charge in [0.25, 0.3) is 0 Å². The molecule has 14 heteroatoms. The molecule has 19 rings (SSSR count). The van der Waals surface area contributed by atoms with E-state index in [1.165, 1.54) is 0 Å². The fraction of sp³-hybridized carbons (Fsp3) is 0.246. The SMILES string of the molecule is CC(C)(C)OC(=O)c1c2cc3ccccc3c1-c1c(O)c(cc3ccccc13)COc1ccc(C(C)(C)C)cc1-c1c3nc(c4c5ccc([nH]5)c(c5nc(c(c6ccc1[nH]6)-c1cc(C(C)(C)C)ccc1OC2)C=C5)-c1cc(C(C)(C)C)ccc1OCc1cc2ccccc2c(c1C(=O)OC(C)(C)C)-c1c(O)c(cc2ccccc12)COc1ccc(C(C)(C)C)cc1-4)C=C3. The molecule has 0 saturated heterocycles. The van der Waals surface area contributed by atoms with Crippen molar-refractivity contribution in [2.45, 2.75) is 184 Å². The maximum atomic E-state index is 15.9. The van der Waals surface area contributed by atoms with E-state index in [-0.39, 0.29) is 49.1 Å².